The second kappa shape index (κ2) is 8.67. The average molecular weight is 343 g/mol. The van der Waals surface area contributed by atoms with E-state index in [-0.39, 0.29) is 11.9 Å². The van der Waals surface area contributed by atoms with Gasteiger partial charge in [0.25, 0.3) is 0 Å². The van der Waals surface area contributed by atoms with Gasteiger partial charge in [0.05, 0.1) is 6.04 Å². The maximum atomic E-state index is 12.3. The monoisotopic (exact) mass is 342 g/mol. The highest BCUT2D eigenvalue weighted by Crippen LogP contribution is 2.18. The summed E-state index contributed by atoms with van der Waals surface area (Å²) in [6.45, 7) is 2.69. The number of benzene rings is 2. The summed E-state index contributed by atoms with van der Waals surface area (Å²) in [7, 11) is 3.98. The number of amides is 1. The lowest BCUT2D eigenvalue weighted by Crippen LogP contribution is -2.34. The first kappa shape index (κ1) is 18.2. The Bertz CT molecular complexity index is 711. The molecule has 0 aromatic heterocycles. The Morgan fingerprint density at radius 3 is 2.54 bits per heavy atom. The Hall–Kier alpha value is -2.10. The Morgan fingerprint density at radius 1 is 1.21 bits per heavy atom. The third kappa shape index (κ3) is 5.52. The maximum absolute atomic E-state index is 12.3. The van der Waals surface area contributed by atoms with Crippen LogP contribution in [-0.2, 0) is 4.79 Å². The maximum Gasteiger partial charge on any atom is 0.244 e. The molecule has 0 radical (unpaired) electrons. The summed E-state index contributed by atoms with van der Waals surface area (Å²) in [6, 6.07) is 15.7. The number of hydrogen-bond acceptors (Lipinski definition) is 2. The van der Waals surface area contributed by atoms with Gasteiger partial charge in [-0.3, -0.25) is 4.79 Å². The minimum absolute atomic E-state index is 0.0556. The highest BCUT2D eigenvalue weighted by molar-refractivity contribution is 6.31. The summed E-state index contributed by atoms with van der Waals surface area (Å²) in [6.07, 6.45) is 3.32. The van der Waals surface area contributed by atoms with Crippen molar-refractivity contribution < 1.29 is 4.79 Å². The van der Waals surface area contributed by atoms with Crippen LogP contribution < -0.4 is 5.32 Å². The van der Waals surface area contributed by atoms with Gasteiger partial charge in [-0.05, 0) is 49.9 Å². The first-order valence-electron chi connectivity index (χ1n) is 7.90. The highest BCUT2D eigenvalue weighted by atomic mass is 35.5. The molecule has 0 fully saturated rings. The van der Waals surface area contributed by atoms with Crippen LogP contribution in [0.1, 0.15) is 22.7 Å². The highest BCUT2D eigenvalue weighted by Gasteiger charge is 2.13. The Morgan fingerprint density at radius 2 is 1.92 bits per heavy atom. The van der Waals surface area contributed by atoms with E-state index in [4.69, 9.17) is 11.6 Å². The van der Waals surface area contributed by atoms with Crippen LogP contribution in [0.3, 0.4) is 0 Å². The fourth-order valence-electron chi connectivity index (χ4n) is 2.39. The van der Waals surface area contributed by atoms with Gasteiger partial charge in [0.1, 0.15) is 0 Å². The molecule has 0 aliphatic rings. The summed E-state index contributed by atoms with van der Waals surface area (Å²) in [5, 5.41) is 3.76. The van der Waals surface area contributed by atoms with Gasteiger partial charge in [-0.2, -0.15) is 0 Å². The van der Waals surface area contributed by atoms with E-state index in [0.29, 0.717) is 5.02 Å². The molecule has 1 N–H and O–H groups in total. The third-order valence-corrected chi connectivity index (χ3v) is 4.10. The zero-order chi connectivity index (χ0) is 17.5. The van der Waals surface area contributed by atoms with E-state index < -0.39 is 0 Å². The normalized spacial score (nSPS) is 12.5. The summed E-state index contributed by atoms with van der Waals surface area (Å²) in [5.74, 6) is -0.123. The van der Waals surface area contributed by atoms with Gasteiger partial charge in [0.15, 0.2) is 0 Å². The number of likely N-dealkylation sites (N-methyl/N-ethyl adjacent to an activating group) is 1. The molecular weight excluding hydrogens is 320 g/mol. The van der Waals surface area contributed by atoms with Crippen molar-refractivity contribution in [3.63, 3.8) is 0 Å². The van der Waals surface area contributed by atoms with Crippen LogP contribution in [0.4, 0.5) is 0 Å². The minimum atomic E-state index is -0.123. The molecule has 0 aliphatic carbocycles. The van der Waals surface area contributed by atoms with Crippen LogP contribution in [-0.4, -0.2) is 31.4 Å². The number of halogens is 1. The topological polar surface area (TPSA) is 32.3 Å². The van der Waals surface area contributed by atoms with E-state index in [2.05, 4.69) is 10.2 Å². The molecule has 4 heteroatoms. The van der Waals surface area contributed by atoms with Crippen LogP contribution in [0.25, 0.3) is 6.08 Å². The molecule has 2 aromatic rings. The van der Waals surface area contributed by atoms with E-state index in [0.717, 1.165) is 23.2 Å². The number of carbonyl (C=O) groups excluding carboxylic acids is 1. The standard InChI is InChI=1S/C20H23ClN2O/c1-15-9-10-16(13-18(15)21)11-12-20(24)22-19(14-23(2)3)17-7-5-4-6-8-17/h4-13,19H,14H2,1-3H3,(H,22,24)/b12-11+. The first-order chi connectivity index (χ1) is 11.5. The van der Waals surface area contributed by atoms with E-state index in [1.54, 1.807) is 12.2 Å². The van der Waals surface area contributed by atoms with Crippen LogP contribution in [0, 0.1) is 6.92 Å². The smallest absolute Gasteiger partial charge is 0.244 e. The predicted octanol–water partition coefficient (Wildman–Crippen LogP) is 4.08. The summed E-state index contributed by atoms with van der Waals surface area (Å²) in [5.41, 5.74) is 3.02. The molecule has 2 aromatic carbocycles. The lowest BCUT2D eigenvalue weighted by Gasteiger charge is -2.22. The van der Waals surface area contributed by atoms with E-state index >= 15 is 0 Å². The van der Waals surface area contributed by atoms with Crippen molar-refractivity contribution in [2.45, 2.75) is 13.0 Å². The van der Waals surface area contributed by atoms with Crippen molar-refractivity contribution in [2.75, 3.05) is 20.6 Å². The first-order valence-corrected chi connectivity index (χ1v) is 8.28. The largest absolute Gasteiger partial charge is 0.344 e. The van der Waals surface area contributed by atoms with Gasteiger partial charge < -0.3 is 10.2 Å². The van der Waals surface area contributed by atoms with Crippen molar-refractivity contribution in [2.24, 2.45) is 0 Å². The molecule has 0 saturated carbocycles. The minimum Gasteiger partial charge on any atom is -0.344 e. The zero-order valence-corrected chi connectivity index (χ0v) is 15.0. The van der Waals surface area contributed by atoms with Crippen molar-refractivity contribution in [1.82, 2.24) is 10.2 Å². The quantitative estimate of drug-likeness (QED) is 0.802. The molecule has 0 heterocycles. The van der Waals surface area contributed by atoms with Crippen LogP contribution >= 0.6 is 11.6 Å². The SMILES string of the molecule is Cc1ccc(/C=C/C(=O)NC(CN(C)C)c2ccccc2)cc1Cl. The van der Waals surface area contributed by atoms with E-state index in [1.165, 1.54) is 0 Å². The molecule has 24 heavy (non-hydrogen) atoms. The van der Waals surface area contributed by atoms with Crippen molar-refractivity contribution >= 4 is 23.6 Å². The van der Waals surface area contributed by atoms with Crippen LogP contribution in [0.15, 0.2) is 54.6 Å². The number of nitrogens with one attached hydrogen (secondary N) is 1. The molecular formula is C20H23ClN2O. The Kier molecular flexibility index (Phi) is 6.59. The number of aryl methyl sites for hydroxylation is 1. The third-order valence-electron chi connectivity index (χ3n) is 3.69. The van der Waals surface area contributed by atoms with Crippen LogP contribution in [0.2, 0.25) is 5.02 Å². The van der Waals surface area contributed by atoms with Crippen molar-refractivity contribution in [3.05, 3.63) is 76.3 Å². The molecule has 1 atom stereocenters. The van der Waals surface area contributed by atoms with Gasteiger partial charge in [-0.1, -0.05) is 54.1 Å². The average Bonchev–Trinajstić information content (AvgIpc) is 2.56. The molecule has 1 amide bonds. The number of nitrogens with zero attached hydrogens (tertiary/aromatic N) is 1. The van der Waals surface area contributed by atoms with E-state index in [9.17, 15) is 4.79 Å². The molecule has 1 unspecified atom stereocenters. The lowest BCUT2D eigenvalue weighted by molar-refractivity contribution is -0.117. The molecule has 0 saturated heterocycles. The predicted molar refractivity (Wildman–Crippen MR) is 101 cm³/mol. The molecule has 2 rings (SSSR count). The molecule has 0 spiro atoms. The van der Waals surface area contributed by atoms with Crippen molar-refractivity contribution in [3.8, 4) is 0 Å². The molecule has 3 nitrogen and oxygen atoms in total. The van der Waals surface area contributed by atoms with Gasteiger partial charge in [0, 0.05) is 17.6 Å². The summed E-state index contributed by atoms with van der Waals surface area (Å²) < 4.78 is 0. The number of carbonyl (C=O) groups is 1. The fourth-order valence-corrected chi connectivity index (χ4v) is 2.58. The zero-order valence-electron chi connectivity index (χ0n) is 14.3. The number of rotatable bonds is 6. The Balaban J connectivity index is 2.07. The molecule has 0 bridgehead atoms. The summed E-state index contributed by atoms with van der Waals surface area (Å²) in [4.78, 5) is 14.3. The van der Waals surface area contributed by atoms with Gasteiger partial charge in [-0.25, -0.2) is 0 Å². The van der Waals surface area contributed by atoms with Gasteiger partial charge in [0.2, 0.25) is 5.91 Å². The molecule has 0 aliphatic heterocycles. The second-order valence-electron chi connectivity index (χ2n) is 6.08. The molecule has 126 valence electrons. The van der Waals surface area contributed by atoms with Gasteiger partial charge in [-0.15, -0.1) is 0 Å². The van der Waals surface area contributed by atoms with Gasteiger partial charge >= 0.3 is 0 Å². The lowest BCUT2D eigenvalue weighted by atomic mass is 10.1. The fraction of sp³-hybridized carbons (Fsp3) is 0.250. The van der Waals surface area contributed by atoms with Crippen LogP contribution in [0.5, 0.6) is 0 Å². The van der Waals surface area contributed by atoms with Crippen molar-refractivity contribution in [1.29, 1.82) is 0 Å². The Labute approximate surface area is 148 Å². The van der Waals surface area contributed by atoms with E-state index in [1.807, 2.05) is 69.6 Å². The summed E-state index contributed by atoms with van der Waals surface area (Å²) >= 11 is 6.11. The number of hydrogen-bond donors (Lipinski definition) is 1. The second-order valence-corrected chi connectivity index (χ2v) is 6.48.